The molecule has 21 heavy (non-hydrogen) atoms. The second-order valence-electron chi connectivity index (χ2n) is 5.91. The Morgan fingerprint density at radius 3 is 2.81 bits per heavy atom. The van der Waals surface area contributed by atoms with Gasteiger partial charge in [-0.2, -0.15) is 4.99 Å². The van der Waals surface area contributed by atoms with Gasteiger partial charge >= 0.3 is 11.2 Å². The number of unbranched alkanes of at least 4 members (excludes halogenated alkanes) is 1. The van der Waals surface area contributed by atoms with E-state index in [2.05, 4.69) is 22.2 Å². The molecule has 0 aromatic carbocycles. The van der Waals surface area contributed by atoms with E-state index in [4.69, 9.17) is 0 Å². The fraction of sp³-hybridized carbons (Fsp3) is 0.643. The Labute approximate surface area is 123 Å². The first-order valence-corrected chi connectivity index (χ1v) is 7.30. The highest BCUT2D eigenvalue weighted by Gasteiger charge is 2.36. The number of nitrogens with zero attached hydrogens (tertiary/aromatic N) is 3. The van der Waals surface area contributed by atoms with Gasteiger partial charge in [0.2, 0.25) is 11.5 Å². The van der Waals surface area contributed by atoms with Crippen molar-refractivity contribution in [3.8, 4) is 0 Å². The number of H-pyrrole nitrogens is 1. The monoisotopic (exact) mass is 294 g/mol. The van der Waals surface area contributed by atoms with Gasteiger partial charge in [-0.3, -0.25) is 14.3 Å². The number of aromatic amines is 1. The van der Waals surface area contributed by atoms with Gasteiger partial charge < -0.3 is 5.32 Å². The third kappa shape index (κ3) is 2.98. The number of hydrogen-bond acceptors (Lipinski definition) is 4. The number of aliphatic imine (C=N–C) groups is 1. The highest BCUT2D eigenvalue weighted by Crippen LogP contribution is 2.31. The molecule has 1 aromatic heterocycles. The summed E-state index contributed by atoms with van der Waals surface area (Å²) in [5, 5.41) is 3.22. The second kappa shape index (κ2) is 5.95. The van der Waals surface area contributed by atoms with Gasteiger partial charge in [0.15, 0.2) is 6.34 Å². The summed E-state index contributed by atoms with van der Waals surface area (Å²) >= 11 is 0. The molecule has 1 aliphatic heterocycles. The van der Waals surface area contributed by atoms with Crippen LogP contribution < -0.4 is 21.0 Å². The molecule has 2 rings (SSSR count). The third-order valence-corrected chi connectivity index (χ3v) is 4.22. The van der Waals surface area contributed by atoms with E-state index in [1.165, 1.54) is 4.57 Å². The van der Waals surface area contributed by atoms with E-state index in [9.17, 15) is 9.59 Å². The summed E-state index contributed by atoms with van der Waals surface area (Å²) in [5.41, 5.74) is -0.206. The molecule has 1 aromatic rings. The molecule has 0 radical (unpaired) electrons. The minimum absolute atomic E-state index is 0.336. The molecule has 0 saturated heterocycles. The molecule has 7 nitrogen and oxygen atoms in total. The van der Waals surface area contributed by atoms with Crippen LogP contribution in [0, 0.1) is 0 Å². The number of quaternary nitrogens is 1. The molecule has 2 unspecified atom stereocenters. The van der Waals surface area contributed by atoms with Crippen molar-refractivity contribution in [2.24, 2.45) is 12.0 Å². The fourth-order valence-corrected chi connectivity index (χ4v) is 2.65. The Morgan fingerprint density at radius 2 is 2.14 bits per heavy atom. The second-order valence-corrected chi connectivity index (χ2v) is 5.91. The minimum atomic E-state index is -0.424. The summed E-state index contributed by atoms with van der Waals surface area (Å²) in [6.45, 7) is 2.96. The van der Waals surface area contributed by atoms with Gasteiger partial charge in [-0.25, -0.2) is 9.28 Å². The quantitative estimate of drug-likeness (QED) is 0.591. The van der Waals surface area contributed by atoms with Gasteiger partial charge in [-0.05, 0) is 33.2 Å². The lowest BCUT2D eigenvalue weighted by atomic mass is 10.1. The van der Waals surface area contributed by atoms with Crippen molar-refractivity contribution in [1.82, 2.24) is 19.4 Å². The van der Waals surface area contributed by atoms with Gasteiger partial charge in [0.05, 0.1) is 13.6 Å². The van der Waals surface area contributed by atoms with E-state index in [1.807, 2.05) is 14.1 Å². The highest BCUT2D eigenvalue weighted by atomic mass is 16.2. The molecular formula is C14H24N5O2+. The Balaban J connectivity index is 2.14. The largest absolute Gasteiger partial charge is 0.330 e. The minimum Gasteiger partial charge on any atom is -0.317 e. The van der Waals surface area contributed by atoms with Gasteiger partial charge in [-0.1, -0.05) is 0 Å². The zero-order valence-corrected chi connectivity index (χ0v) is 13.1. The van der Waals surface area contributed by atoms with Crippen molar-refractivity contribution in [3.05, 3.63) is 20.8 Å². The molecule has 0 fully saturated rings. The predicted molar refractivity (Wildman–Crippen MR) is 85.4 cm³/mol. The molecule has 0 amide bonds. The van der Waals surface area contributed by atoms with Crippen LogP contribution in [0.3, 0.4) is 0 Å². The topological polar surface area (TPSA) is 79.2 Å². The average Bonchev–Trinajstić information content (AvgIpc) is 2.79. The van der Waals surface area contributed by atoms with Crippen LogP contribution in [-0.2, 0) is 7.05 Å². The average molecular weight is 294 g/mol. The van der Waals surface area contributed by atoms with Gasteiger partial charge in [0, 0.05) is 13.1 Å². The predicted octanol–water partition coefficient (Wildman–Crippen LogP) is 0.462. The Bertz CT molecular complexity index is 660. The van der Waals surface area contributed by atoms with Crippen molar-refractivity contribution in [1.29, 1.82) is 0 Å². The van der Waals surface area contributed by atoms with E-state index < -0.39 is 5.69 Å². The first kappa shape index (κ1) is 15.7. The molecule has 0 aliphatic carbocycles. The summed E-state index contributed by atoms with van der Waals surface area (Å²) in [7, 11) is 5.54. The van der Waals surface area contributed by atoms with Crippen molar-refractivity contribution in [2.75, 3.05) is 20.6 Å². The van der Waals surface area contributed by atoms with Crippen LogP contribution in [0.5, 0.6) is 0 Å². The van der Waals surface area contributed by atoms with E-state index in [0.717, 1.165) is 25.8 Å². The molecule has 0 bridgehead atoms. The van der Waals surface area contributed by atoms with Crippen LogP contribution in [0.2, 0.25) is 0 Å². The Kier molecular flexibility index (Phi) is 4.43. The van der Waals surface area contributed by atoms with Crippen LogP contribution in [-0.4, -0.2) is 42.6 Å². The van der Waals surface area contributed by atoms with Crippen molar-refractivity contribution in [2.45, 2.75) is 32.2 Å². The van der Waals surface area contributed by atoms with Crippen LogP contribution in [0.4, 0.5) is 11.5 Å². The van der Waals surface area contributed by atoms with Crippen molar-refractivity contribution in [3.63, 3.8) is 0 Å². The normalized spacial score (nSPS) is 21.5. The van der Waals surface area contributed by atoms with Crippen LogP contribution >= 0.6 is 0 Å². The van der Waals surface area contributed by atoms with Crippen molar-refractivity contribution >= 4 is 17.8 Å². The summed E-state index contributed by atoms with van der Waals surface area (Å²) < 4.78 is 1.74. The summed E-state index contributed by atoms with van der Waals surface area (Å²) in [6, 6.07) is 0.499. The fourth-order valence-electron chi connectivity index (χ4n) is 2.65. The smallest absolute Gasteiger partial charge is 0.317 e. The van der Waals surface area contributed by atoms with Crippen LogP contribution in [0.15, 0.2) is 14.6 Å². The van der Waals surface area contributed by atoms with Gasteiger partial charge in [-0.15, -0.1) is 0 Å². The Hall–Kier alpha value is -1.73. The lowest BCUT2D eigenvalue weighted by molar-refractivity contribution is 0.452. The zero-order chi connectivity index (χ0) is 15.6. The molecule has 2 N–H and O–H groups in total. The van der Waals surface area contributed by atoms with Crippen LogP contribution in [0.25, 0.3) is 0 Å². The van der Waals surface area contributed by atoms with Gasteiger partial charge in [0.25, 0.3) is 0 Å². The maximum absolute atomic E-state index is 12.1. The molecule has 0 spiro atoms. The summed E-state index contributed by atoms with van der Waals surface area (Å²) in [5.74, 6) is 0.467. The van der Waals surface area contributed by atoms with E-state index in [0.29, 0.717) is 22.0 Å². The highest BCUT2D eigenvalue weighted by molar-refractivity contribution is 5.86. The number of rotatable bonds is 6. The lowest BCUT2D eigenvalue weighted by Gasteiger charge is -2.24. The Morgan fingerprint density at radius 1 is 1.43 bits per heavy atom. The molecule has 2 atom stereocenters. The zero-order valence-electron chi connectivity index (χ0n) is 13.1. The maximum atomic E-state index is 12.1. The maximum Gasteiger partial charge on any atom is 0.330 e. The number of nitrogens with one attached hydrogen (secondary N) is 2. The number of fused-ring (bicyclic) bond motifs is 1. The first-order chi connectivity index (χ1) is 9.89. The first-order valence-electron chi connectivity index (χ1n) is 7.30. The van der Waals surface area contributed by atoms with E-state index in [1.54, 1.807) is 13.4 Å². The number of hydrogen-bond donors (Lipinski definition) is 2. The molecular weight excluding hydrogens is 270 g/mol. The van der Waals surface area contributed by atoms with E-state index in [-0.39, 0.29) is 5.56 Å². The molecule has 1 aliphatic rings. The summed E-state index contributed by atoms with van der Waals surface area (Å²) in [6.07, 6.45) is 4.93. The standard InChI is InChI=1S/C14H23N5O2/c1-10(15-2)7-5-6-8-19(4)9-16-12-11(19)13(20)17-14(21)18(12)3/h9-10,15H,5-8H2,1-4H3/p+1. The molecule has 116 valence electrons. The molecule has 2 heterocycles. The summed E-state index contributed by atoms with van der Waals surface area (Å²) in [4.78, 5) is 30.4. The SMILES string of the molecule is CNC(C)CCCC[N+]1(C)C=Nc2c1c(=O)[nH]c(=O)n2C. The third-order valence-electron chi connectivity index (χ3n) is 4.22. The van der Waals surface area contributed by atoms with Crippen LogP contribution in [0.1, 0.15) is 26.2 Å². The van der Waals surface area contributed by atoms with E-state index >= 15 is 0 Å². The lowest BCUT2D eigenvalue weighted by Crippen LogP contribution is -2.47. The molecule has 0 saturated carbocycles. The van der Waals surface area contributed by atoms with Crippen molar-refractivity contribution < 1.29 is 0 Å². The van der Waals surface area contributed by atoms with Gasteiger partial charge in [0.1, 0.15) is 0 Å². The molecule has 7 heteroatoms. The number of aromatic nitrogens is 2.